The summed E-state index contributed by atoms with van der Waals surface area (Å²) in [5, 5.41) is 0. The maximum absolute atomic E-state index is 5.13. The lowest BCUT2D eigenvalue weighted by Gasteiger charge is -2.39. The third-order valence-corrected chi connectivity index (χ3v) is 7.95. The molecule has 0 saturated carbocycles. The maximum atomic E-state index is 5.13. The molecule has 0 fully saturated rings. The van der Waals surface area contributed by atoms with Crippen molar-refractivity contribution in [2.45, 2.75) is 12.8 Å². The number of fused-ring (bicyclic) bond motifs is 2. The fourth-order valence-corrected chi connectivity index (χ4v) is 5.89. The van der Waals surface area contributed by atoms with Crippen LogP contribution in [0, 0.1) is 0 Å². The van der Waals surface area contributed by atoms with Crippen LogP contribution in [0.3, 0.4) is 0 Å². The summed E-state index contributed by atoms with van der Waals surface area (Å²) in [6.07, 6.45) is 10.1. The highest BCUT2D eigenvalue weighted by atomic mass is 15.3. The first-order chi connectivity index (χ1) is 21.8. The van der Waals surface area contributed by atoms with Gasteiger partial charge in [-0.05, 0) is 66.9 Å². The molecule has 1 aliphatic carbocycles. The van der Waals surface area contributed by atoms with Crippen LogP contribution in [-0.4, -0.2) is 19.9 Å². The summed E-state index contributed by atoms with van der Waals surface area (Å²) in [6.45, 7) is 0. The van der Waals surface area contributed by atoms with E-state index in [1.165, 1.54) is 0 Å². The number of aromatic nitrogens is 4. The van der Waals surface area contributed by atoms with E-state index in [1.54, 1.807) is 0 Å². The Morgan fingerprint density at radius 3 is 1.89 bits per heavy atom. The molecular weight excluding hydrogens is 540 g/mol. The molecule has 6 heteroatoms. The zero-order valence-corrected chi connectivity index (χ0v) is 24.0. The zero-order chi connectivity index (χ0) is 29.3. The third-order valence-electron chi connectivity index (χ3n) is 7.95. The molecule has 8 rings (SSSR count). The second-order valence-corrected chi connectivity index (χ2v) is 10.7. The smallest absolute Gasteiger partial charge is 0.238 e. The van der Waals surface area contributed by atoms with E-state index >= 15 is 0 Å². The Morgan fingerprint density at radius 1 is 0.545 bits per heavy atom. The van der Waals surface area contributed by atoms with Gasteiger partial charge in [0.05, 0.1) is 28.4 Å². The van der Waals surface area contributed by atoms with Gasteiger partial charge in [0.25, 0.3) is 0 Å². The minimum absolute atomic E-state index is 0.589. The van der Waals surface area contributed by atoms with Crippen molar-refractivity contribution in [3.05, 3.63) is 152 Å². The maximum Gasteiger partial charge on any atom is 0.238 e. The highest BCUT2D eigenvalue weighted by Crippen LogP contribution is 2.53. The molecule has 0 radical (unpaired) electrons. The highest BCUT2D eigenvalue weighted by molar-refractivity contribution is 6.01. The largest absolute Gasteiger partial charge is 0.306 e. The molecule has 3 heterocycles. The number of allylic oxidation sites excluding steroid dienone is 4. The molecule has 0 amide bonds. The molecule has 44 heavy (non-hydrogen) atoms. The van der Waals surface area contributed by atoms with E-state index in [9.17, 15) is 0 Å². The van der Waals surface area contributed by atoms with E-state index in [0.29, 0.717) is 17.6 Å². The summed E-state index contributed by atoms with van der Waals surface area (Å²) >= 11 is 0. The lowest BCUT2D eigenvalue weighted by atomic mass is 10.0. The molecule has 210 valence electrons. The number of hydrogen-bond donors (Lipinski definition) is 0. The predicted molar refractivity (Wildman–Crippen MR) is 178 cm³/mol. The van der Waals surface area contributed by atoms with Crippen molar-refractivity contribution in [1.82, 2.24) is 19.9 Å². The van der Waals surface area contributed by atoms with Crippen LogP contribution >= 0.6 is 0 Å². The molecule has 0 bridgehead atoms. The fourth-order valence-electron chi connectivity index (χ4n) is 5.89. The normalized spacial score (nSPS) is 13.7. The summed E-state index contributed by atoms with van der Waals surface area (Å²) in [5.74, 6) is 1.95. The number of nitrogens with zero attached hydrogens (tertiary/aromatic N) is 6. The van der Waals surface area contributed by atoms with Gasteiger partial charge in [0.1, 0.15) is 0 Å². The van der Waals surface area contributed by atoms with E-state index in [1.807, 2.05) is 54.7 Å². The highest BCUT2D eigenvalue weighted by Gasteiger charge is 2.32. The molecule has 6 aromatic rings. The lowest BCUT2D eigenvalue weighted by molar-refractivity contribution is 0.953. The molecule has 0 unspecified atom stereocenters. The van der Waals surface area contributed by atoms with Gasteiger partial charge >= 0.3 is 0 Å². The standard InChI is InChI=1S/C38H28N6/c1-3-14-27(15-4-1)36-40-37(28-16-5-2-6-17-28)42-38(41-36)44-34-23-9-7-21-32(34)43(33-22-8-10-24-35(33)44)30-19-13-18-29(26-30)31-20-11-12-25-39-31/h1-5,7-16,18-26H,6,17H2. The van der Waals surface area contributed by atoms with Gasteiger partial charge in [-0.3, -0.25) is 9.88 Å². The fraction of sp³-hybridized carbons (Fsp3) is 0.0526. The van der Waals surface area contributed by atoms with E-state index < -0.39 is 0 Å². The molecule has 0 N–H and O–H groups in total. The second kappa shape index (κ2) is 11.1. The van der Waals surface area contributed by atoms with Crippen molar-refractivity contribution in [2.24, 2.45) is 0 Å². The van der Waals surface area contributed by atoms with Crippen LogP contribution in [0.2, 0.25) is 0 Å². The molecule has 2 aromatic heterocycles. The molecular formula is C38H28N6. The first kappa shape index (κ1) is 25.8. The van der Waals surface area contributed by atoms with Gasteiger partial charge in [-0.2, -0.15) is 9.97 Å². The molecule has 1 aliphatic heterocycles. The van der Waals surface area contributed by atoms with E-state index in [2.05, 4.69) is 106 Å². The average Bonchev–Trinajstić information content (AvgIpc) is 3.11. The first-order valence-corrected chi connectivity index (χ1v) is 14.8. The van der Waals surface area contributed by atoms with Crippen molar-refractivity contribution in [2.75, 3.05) is 9.80 Å². The van der Waals surface area contributed by atoms with Crippen LogP contribution in [0.4, 0.5) is 34.4 Å². The Bertz CT molecular complexity index is 1990. The lowest BCUT2D eigenvalue weighted by Crippen LogP contribution is -2.25. The minimum atomic E-state index is 0.589. The van der Waals surface area contributed by atoms with E-state index in [4.69, 9.17) is 15.0 Å². The van der Waals surface area contributed by atoms with Crippen molar-refractivity contribution < 1.29 is 0 Å². The predicted octanol–water partition coefficient (Wildman–Crippen LogP) is 9.59. The third kappa shape index (κ3) is 4.63. The monoisotopic (exact) mass is 568 g/mol. The summed E-state index contributed by atoms with van der Waals surface area (Å²) in [4.78, 5) is 24.3. The van der Waals surface area contributed by atoms with Crippen LogP contribution < -0.4 is 9.80 Å². The van der Waals surface area contributed by atoms with Crippen LogP contribution in [0.25, 0.3) is 28.2 Å². The van der Waals surface area contributed by atoms with E-state index in [0.717, 1.165) is 63.7 Å². The Kier molecular flexibility index (Phi) is 6.50. The number of pyridine rings is 1. The summed E-state index contributed by atoms with van der Waals surface area (Å²) in [7, 11) is 0. The Morgan fingerprint density at radius 2 is 1.20 bits per heavy atom. The summed E-state index contributed by atoms with van der Waals surface area (Å²) < 4.78 is 0. The topological polar surface area (TPSA) is 58.0 Å². The number of benzene rings is 4. The molecule has 0 atom stereocenters. The number of para-hydroxylation sites is 4. The molecule has 0 saturated heterocycles. The molecule has 4 aromatic carbocycles. The SMILES string of the molecule is C1=CCCC(c2nc(-c3ccccc3)nc(N3c4ccccc4N(c4cccc(-c5ccccn5)c4)c4ccccc43)n2)=C1. The Labute approximate surface area is 256 Å². The molecule has 2 aliphatic rings. The average molecular weight is 569 g/mol. The molecule has 6 nitrogen and oxygen atoms in total. The first-order valence-electron chi connectivity index (χ1n) is 14.8. The Balaban J connectivity index is 1.32. The quantitative estimate of drug-likeness (QED) is 0.206. The zero-order valence-electron chi connectivity index (χ0n) is 24.0. The van der Waals surface area contributed by atoms with Gasteiger partial charge in [0, 0.05) is 23.0 Å². The van der Waals surface area contributed by atoms with Crippen molar-refractivity contribution in [3.8, 4) is 22.6 Å². The van der Waals surface area contributed by atoms with Crippen molar-refractivity contribution >= 4 is 40.0 Å². The van der Waals surface area contributed by atoms with E-state index in [-0.39, 0.29) is 0 Å². The minimum Gasteiger partial charge on any atom is -0.306 e. The summed E-state index contributed by atoms with van der Waals surface area (Å²) in [6, 6.07) is 41.5. The van der Waals surface area contributed by atoms with Gasteiger partial charge in [-0.15, -0.1) is 0 Å². The van der Waals surface area contributed by atoms with Gasteiger partial charge < -0.3 is 4.90 Å². The summed E-state index contributed by atoms with van der Waals surface area (Å²) in [5.41, 5.74) is 9.16. The van der Waals surface area contributed by atoms with Gasteiger partial charge in [0.15, 0.2) is 11.6 Å². The number of rotatable bonds is 5. The van der Waals surface area contributed by atoms with Crippen molar-refractivity contribution in [1.29, 1.82) is 0 Å². The van der Waals surface area contributed by atoms with Crippen LogP contribution in [0.1, 0.15) is 18.7 Å². The molecule has 0 spiro atoms. The number of anilines is 6. The number of hydrogen-bond acceptors (Lipinski definition) is 6. The van der Waals surface area contributed by atoms with Crippen LogP contribution in [-0.2, 0) is 0 Å². The second-order valence-electron chi connectivity index (χ2n) is 10.7. The van der Waals surface area contributed by atoms with Gasteiger partial charge in [0.2, 0.25) is 5.95 Å². The van der Waals surface area contributed by atoms with Gasteiger partial charge in [-0.25, -0.2) is 4.98 Å². The van der Waals surface area contributed by atoms with Gasteiger partial charge in [-0.1, -0.05) is 91.0 Å². The van der Waals surface area contributed by atoms with Crippen LogP contribution in [0.15, 0.2) is 146 Å². The van der Waals surface area contributed by atoms with Crippen molar-refractivity contribution in [3.63, 3.8) is 0 Å². The Hall–Kier alpha value is -5.88. The van der Waals surface area contributed by atoms with Crippen LogP contribution in [0.5, 0.6) is 0 Å².